The molecule has 0 saturated carbocycles. The van der Waals surface area contributed by atoms with Gasteiger partial charge in [-0.3, -0.25) is 0 Å². The number of rotatable bonds is 4. The van der Waals surface area contributed by atoms with E-state index < -0.39 is 22.9 Å². The molecule has 1 aromatic carbocycles. The summed E-state index contributed by atoms with van der Waals surface area (Å²) >= 11 is 0. The summed E-state index contributed by atoms with van der Waals surface area (Å²) in [6.07, 6.45) is -0.812. The van der Waals surface area contributed by atoms with Gasteiger partial charge in [-0.1, -0.05) is 0 Å². The number of nitrogens with zero attached hydrogens (tertiary/aromatic N) is 1. The molecule has 1 aliphatic rings. The molecule has 0 spiro atoms. The van der Waals surface area contributed by atoms with Gasteiger partial charge in [0.15, 0.2) is 17.6 Å². The third kappa shape index (κ3) is 2.59. The van der Waals surface area contributed by atoms with Crippen LogP contribution in [-0.2, 0) is 4.84 Å². The maximum Gasteiger partial charge on any atom is 0.339 e. The lowest BCUT2D eigenvalue weighted by atomic mass is 10.1. The molecule has 0 fully saturated rings. The number of hydrogen-bond donors (Lipinski definition) is 2. The molecule has 1 heterocycles. The Morgan fingerprint density at radius 2 is 2.32 bits per heavy atom. The number of aromatic carboxylic acids is 1. The van der Waals surface area contributed by atoms with Gasteiger partial charge in [-0.2, -0.15) is 0 Å². The average molecular weight is 271 g/mol. The SMILES string of the molecule is O=C(O)c1ccc2c(c1O)OC(CO[N+](=O)[O-])CO2. The minimum Gasteiger partial charge on any atom is -0.504 e. The van der Waals surface area contributed by atoms with Crippen molar-refractivity contribution in [1.29, 1.82) is 0 Å². The first kappa shape index (κ1) is 12.7. The summed E-state index contributed by atoms with van der Waals surface area (Å²) in [5.41, 5.74) is -0.349. The third-order valence-electron chi connectivity index (χ3n) is 2.40. The van der Waals surface area contributed by atoms with E-state index in [-0.39, 0.29) is 30.3 Å². The van der Waals surface area contributed by atoms with Gasteiger partial charge >= 0.3 is 5.97 Å². The second-order valence-corrected chi connectivity index (χ2v) is 3.66. The fourth-order valence-electron chi connectivity index (χ4n) is 1.56. The summed E-state index contributed by atoms with van der Waals surface area (Å²) in [7, 11) is 0. The van der Waals surface area contributed by atoms with Gasteiger partial charge in [0.1, 0.15) is 18.8 Å². The van der Waals surface area contributed by atoms with E-state index in [4.69, 9.17) is 14.6 Å². The molecule has 1 unspecified atom stereocenters. The molecule has 0 amide bonds. The number of aromatic hydroxyl groups is 1. The first-order chi connectivity index (χ1) is 8.99. The van der Waals surface area contributed by atoms with Gasteiger partial charge in [0, 0.05) is 0 Å². The highest BCUT2D eigenvalue weighted by Crippen LogP contribution is 2.42. The summed E-state index contributed by atoms with van der Waals surface area (Å²) in [5, 5.41) is 27.7. The summed E-state index contributed by atoms with van der Waals surface area (Å²) in [5.74, 6) is -1.91. The summed E-state index contributed by atoms with van der Waals surface area (Å²) in [4.78, 5) is 25.0. The van der Waals surface area contributed by atoms with Crippen LogP contribution in [0.3, 0.4) is 0 Å². The van der Waals surface area contributed by atoms with E-state index in [9.17, 15) is 20.0 Å². The highest BCUT2D eigenvalue weighted by atomic mass is 17.0. The Kier molecular flexibility index (Phi) is 3.27. The fourth-order valence-corrected chi connectivity index (χ4v) is 1.56. The van der Waals surface area contributed by atoms with Crippen LogP contribution in [0, 0.1) is 10.1 Å². The summed E-state index contributed by atoms with van der Waals surface area (Å²) in [6, 6.07) is 2.51. The smallest absolute Gasteiger partial charge is 0.339 e. The monoisotopic (exact) mass is 271 g/mol. The second kappa shape index (κ2) is 4.88. The van der Waals surface area contributed by atoms with Crippen molar-refractivity contribution in [1.82, 2.24) is 0 Å². The lowest BCUT2D eigenvalue weighted by Gasteiger charge is -2.26. The molecule has 1 atom stereocenters. The van der Waals surface area contributed by atoms with Gasteiger partial charge < -0.3 is 24.5 Å². The van der Waals surface area contributed by atoms with Gasteiger partial charge in [0.05, 0.1) is 0 Å². The van der Waals surface area contributed by atoms with Crippen LogP contribution in [0.1, 0.15) is 10.4 Å². The van der Waals surface area contributed by atoms with Crippen LogP contribution in [0.15, 0.2) is 12.1 Å². The Morgan fingerprint density at radius 1 is 1.58 bits per heavy atom. The van der Waals surface area contributed by atoms with Gasteiger partial charge in [0.25, 0.3) is 5.09 Å². The van der Waals surface area contributed by atoms with Gasteiger partial charge in [-0.05, 0) is 12.1 Å². The van der Waals surface area contributed by atoms with Gasteiger partial charge in [0.2, 0.25) is 5.75 Å². The summed E-state index contributed by atoms with van der Waals surface area (Å²) < 4.78 is 10.4. The number of benzene rings is 1. The van der Waals surface area contributed by atoms with Crippen molar-refractivity contribution in [3.8, 4) is 17.2 Å². The van der Waals surface area contributed by atoms with Crippen LogP contribution in [0.2, 0.25) is 0 Å². The third-order valence-corrected chi connectivity index (χ3v) is 2.40. The molecule has 0 aromatic heterocycles. The van der Waals surface area contributed by atoms with E-state index in [2.05, 4.69) is 4.84 Å². The maximum absolute atomic E-state index is 10.8. The number of ether oxygens (including phenoxy) is 2. The summed E-state index contributed by atoms with van der Waals surface area (Å²) in [6.45, 7) is -0.393. The zero-order valence-electron chi connectivity index (χ0n) is 9.44. The molecular weight excluding hydrogens is 262 g/mol. The molecule has 9 nitrogen and oxygen atoms in total. The van der Waals surface area contributed by atoms with E-state index in [0.29, 0.717) is 0 Å². The molecule has 1 aromatic rings. The first-order valence-corrected chi connectivity index (χ1v) is 5.15. The van der Waals surface area contributed by atoms with E-state index in [1.165, 1.54) is 12.1 Å². The molecule has 102 valence electrons. The Labute approximate surface area is 106 Å². The standard InChI is InChI=1S/C10H9NO8/c12-8-6(10(13)14)1-2-7-9(8)19-5(3-17-7)4-18-11(15)16/h1-2,5,12H,3-4H2,(H,13,14). The van der Waals surface area contributed by atoms with E-state index in [1.54, 1.807) is 0 Å². The second-order valence-electron chi connectivity index (χ2n) is 3.66. The van der Waals surface area contributed by atoms with Gasteiger partial charge in [-0.25, -0.2) is 4.79 Å². The Balaban J connectivity index is 2.20. The predicted octanol–water partition coefficient (Wildman–Crippen LogP) is 0.438. The highest BCUT2D eigenvalue weighted by molar-refractivity contribution is 5.92. The number of carboxylic acids is 1. The molecule has 2 rings (SSSR count). The zero-order valence-corrected chi connectivity index (χ0v) is 9.44. The topological polar surface area (TPSA) is 128 Å². The Hall–Kier alpha value is -2.71. The fraction of sp³-hybridized carbons (Fsp3) is 0.300. The quantitative estimate of drug-likeness (QED) is 0.596. The number of carboxylic acid groups (broad SMARTS) is 1. The van der Waals surface area contributed by atoms with Crippen LogP contribution in [0.25, 0.3) is 0 Å². The molecule has 1 aliphatic heterocycles. The van der Waals surface area contributed by atoms with Crippen LogP contribution in [0.5, 0.6) is 17.2 Å². The number of fused-ring (bicyclic) bond motifs is 1. The molecule has 2 N–H and O–H groups in total. The van der Waals surface area contributed by atoms with Crippen molar-refractivity contribution < 1.29 is 34.4 Å². The van der Waals surface area contributed by atoms with Crippen molar-refractivity contribution in [2.24, 2.45) is 0 Å². The normalized spacial score (nSPS) is 16.7. The Morgan fingerprint density at radius 3 is 2.95 bits per heavy atom. The van der Waals surface area contributed by atoms with Crippen molar-refractivity contribution in [3.63, 3.8) is 0 Å². The van der Waals surface area contributed by atoms with Crippen LogP contribution in [0.4, 0.5) is 0 Å². The van der Waals surface area contributed by atoms with Crippen LogP contribution >= 0.6 is 0 Å². The molecule has 0 saturated heterocycles. The molecule has 0 bridgehead atoms. The lowest BCUT2D eigenvalue weighted by molar-refractivity contribution is -0.759. The number of phenols is 1. The average Bonchev–Trinajstić information content (AvgIpc) is 2.36. The molecule has 9 heteroatoms. The van der Waals surface area contributed by atoms with E-state index in [1.807, 2.05) is 0 Å². The zero-order chi connectivity index (χ0) is 14.0. The van der Waals surface area contributed by atoms with Crippen molar-refractivity contribution in [2.75, 3.05) is 13.2 Å². The highest BCUT2D eigenvalue weighted by Gasteiger charge is 2.27. The lowest BCUT2D eigenvalue weighted by Crippen LogP contribution is -2.34. The minimum atomic E-state index is -1.33. The largest absolute Gasteiger partial charge is 0.504 e. The minimum absolute atomic E-state index is 0.00724. The van der Waals surface area contributed by atoms with Crippen molar-refractivity contribution in [2.45, 2.75) is 6.10 Å². The molecule has 19 heavy (non-hydrogen) atoms. The van der Waals surface area contributed by atoms with Crippen LogP contribution < -0.4 is 9.47 Å². The number of hydrogen-bond acceptors (Lipinski definition) is 7. The van der Waals surface area contributed by atoms with Crippen molar-refractivity contribution in [3.05, 3.63) is 27.8 Å². The first-order valence-electron chi connectivity index (χ1n) is 5.15. The Bertz CT molecular complexity index is 529. The molecular formula is C10H9NO8. The van der Waals surface area contributed by atoms with E-state index >= 15 is 0 Å². The maximum atomic E-state index is 10.8. The van der Waals surface area contributed by atoms with Crippen LogP contribution in [-0.4, -0.2) is 40.6 Å². The predicted molar refractivity (Wildman–Crippen MR) is 57.9 cm³/mol. The van der Waals surface area contributed by atoms with E-state index in [0.717, 1.165) is 0 Å². The molecule has 0 radical (unpaired) electrons. The molecule has 0 aliphatic carbocycles. The number of carbonyl (C=O) groups is 1. The van der Waals surface area contributed by atoms with Gasteiger partial charge in [-0.15, -0.1) is 10.1 Å². The van der Waals surface area contributed by atoms with Crippen molar-refractivity contribution >= 4 is 5.97 Å².